The van der Waals surface area contributed by atoms with Gasteiger partial charge in [0, 0.05) is 40.6 Å². The number of oxime groups is 1. The van der Waals surface area contributed by atoms with Gasteiger partial charge in [0.2, 0.25) is 0 Å². The van der Waals surface area contributed by atoms with Crippen molar-refractivity contribution in [3.8, 4) is 0 Å². The normalized spacial score (nSPS) is 22.8. The van der Waals surface area contributed by atoms with Crippen LogP contribution in [0.5, 0.6) is 0 Å². The first-order valence-corrected chi connectivity index (χ1v) is 11.3. The first-order chi connectivity index (χ1) is 15.2. The molecular formula is C24H24Cl2N2O4. The molecule has 0 saturated carbocycles. The summed E-state index contributed by atoms with van der Waals surface area (Å²) < 4.78 is 0. The summed E-state index contributed by atoms with van der Waals surface area (Å²) in [6.45, 7) is 6.38. The van der Waals surface area contributed by atoms with Crippen molar-refractivity contribution in [3.63, 3.8) is 0 Å². The molecule has 168 valence electrons. The molecule has 1 amide bonds. The summed E-state index contributed by atoms with van der Waals surface area (Å²) in [6.07, 6.45) is 0.671. The number of ketones is 1. The minimum absolute atomic E-state index is 0.0722. The van der Waals surface area contributed by atoms with Crippen LogP contribution in [0.15, 0.2) is 41.6 Å². The lowest BCUT2D eigenvalue weighted by atomic mass is 9.88. The molecule has 2 aliphatic rings. The average molecular weight is 475 g/mol. The first kappa shape index (κ1) is 22.8. The summed E-state index contributed by atoms with van der Waals surface area (Å²) in [5, 5.41) is 6.69. The van der Waals surface area contributed by atoms with Crippen molar-refractivity contribution in [2.24, 2.45) is 11.1 Å². The molecule has 8 heteroatoms. The molecule has 2 aromatic carbocycles. The lowest BCUT2D eigenvalue weighted by Crippen LogP contribution is -2.27. The van der Waals surface area contributed by atoms with E-state index in [0.717, 1.165) is 22.4 Å². The average Bonchev–Trinajstić information content (AvgIpc) is 3.31. The van der Waals surface area contributed by atoms with Crippen molar-refractivity contribution in [1.82, 2.24) is 5.06 Å². The number of hydroxylamine groups is 2. The number of halogens is 2. The van der Waals surface area contributed by atoms with Gasteiger partial charge in [0.25, 0.3) is 5.91 Å². The molecule has 2 aromatic rings. The lowest BCUT2D eigenvalue weighted by Gasteiger charge is -2.22. The Hall–Kier alpha value is -2.41. The zero-order valence-corrected chi connectivity index (χ0v) is 19.7. The Morgan fingerprint density at radius 3 is 2.56 bits per heavy atom. The maximum Gasteiger partial charge on any atom is 0.252 e. The summed E-state index contributed by atoms with van der Waals surface area (Å²) >= 11 is 12.3. The molecule has 0 bridgehead atoms. The van der Waals surface area contributed by atoms with E-state index in [2.05, 4.69) is 5.16 Å². The highest BCUT2D eigenvalue weighted by atomic mass is 35.5. The molecule has 1 fully saturated rings. The van der Waals surface area contributed by atoms with Gasteiger partial charge in [-0.25, -0.2) is 5.06 Å². The number of amides is 1. The van der Waals surface area contributed by atoms with Crippen molar-refractivity contribution in [3.05, 3.63) is 68.7 Å². The fraction of sp³-hybridized carbons (Fsp3) is 0.375. The van der Waals surface area contributed by atoms with E-state index in [4.69, 9.17) is 32.9 Å². The van der Waals surface area contributed by atoms with Gasteiger partial charge in [-0.15, -0.1) is 0 Å². The zero-order chi connectivity index (χ0) is 23.0. The SMILES string of the molecule is CCN1OC[C@H](CC(=O)c2ccc(C3=NO[C@@](C)(c4cc(Cl)cc(Cl)c4)C3)cc2C)C1=O. The summed E-state index contributed by atoms with van der Waals surface area (Å²) in [7, 11) is 0. The van der Waals surface area contributed by atoms with E-state index in [0.29, 0.717) is 28.6 Å². The van der Waals surface area contributed by atoms with Gasteiger partial charge in [-0.1, -0.05) is 40.5 Å². The van der Waals surface area contributed by atoms with Gasteiger partial charge < -0.3 is 4.84 Å². The Kier molecular flexibility index (Phi) is 6.30. The van der Waals surface area contributed by atoms with E-state index in [1.807, 2.05) is 45.0 Å². The van der Waals surface area contributed by atoms with Crippen LogP contribution < -0.4 is 0 Å². The van der Waals surface area contributed by atoms with Gasteiger partial charge in [0.05, 0.1) is 18.2 Å². The number of benzene rings is 2. The molecule has 2 aliphatic heterocycles. The van der Waals surface area contributed by atoms with Gasteiger partial charge in [-0.3, -0.25) is 14.4 Å². The highest BCUT2D eigenvalue weighted by Crippen LogP contribution is 2.38. The van der Waals surface area contributed by atoms with Crippen LogP contribution in [0.4, 0.5) is 0 Å². The molecular weight excluding hydrogens is 451 g/mol. The predicted octanol–water partition coefficient (Wildman–Crippen LogP) is 5.32. The molecule has 0 aliphatic carbocycles. The molecule has 0 unspecified atom stereocenters. The highest BCUT2D eigenvalue weighted by molar-refractivity contribution is 6.34. The smallest absolute Gasteiger partial charge is 0.252 e. The van der Waals surface area contributed by atoms with E-state index in [1.165, 1.54) is 5.06 Å². The van der Waals surface area contributed by atoms with E-state index < -0.39 is 11.5 Å². The third-order valence-corrected chi connectivity index (χ3v) is 6.38. The number of carbonyl (C=O) groups excluding carboxylic acids is 2. The lowest BCUT2D eigenvalue weighted by molar-refractivity contribution is -0.160. The Labute approximate surface area is 197 Å². The number of carbonyl (C=O) groups is 2. The highest BCUT2D eigenvalue weighted by Gasteiger charge is 2.38. The largest absolute Gasteiger partial charge is 0.384 e. The van der Waals surface area contributed by atoms with Gasteiger partial charge in [-0.2, -0.15) is 0 Å². The Morgan fingerprint density at radius 1 is 1.22 bits per heavy atom. The summed E-state index contributed by atoms with van der Waals surface area (Å²) in [5.74, 6) is -0.635. The number of aryl methyl sites for hydroxylation is 1. The van der Waals surface area contributed by atoms with Crippen LogP contribution in [0.25, 0.3) is 0 Å². The monoisotopic (exact) mass is 474 g/mol. The fourth-order valence-electron chi connectivity index (χ4n) is 4.11. The first-order valence-electron chi connectivity index (χ1n) is 10.5. The number of Topliss-reactive ketones (excluding diaryl/α,β-unsaturated/α-hetero) is 1. The van der Waals surface area contributed by atoms with Gasteiger partial charge in [0.15, 0.2) is 11.4 Å². The standard InChI is InChI=1S/C24H24Cl2N2O4/c1-4-28-23(30)16(13-31-28)8-22(29)20-6-5-15(7-14(20)2)21-12-24(3,32-27-21)17-9-18(25)11-19(26)10-17/h5-7,9-11,16H,4,8,12-13H2,1-3H3/t16-,24+/m0/s1. The molecule has 0 N–H and O–H groups in total. The molecule has 0 aromatic heterocycles. The van der Waals surface area contributed by atoms with Gasteiger partial charge in [0.1, 0.15) is 0 Å². The van der Waals surface area contributed by atoms with E-state index in [1.54, 1.807) is 12.1 Å². The molecule has 0 spiro atoms. The van der Waals surface area contributed by atoms with Crippen LogP contribution in [0.3, 0.4) is 0 Å². The zero-order valence-electron chi connectivity index (χ0n) is 18.2. The summed E-state index contributed by atoms with van der Waals surface area (Å²) in [5.41, 5.74) is 3.26. The van der Waals surface area contributed by atoms with E-state index >= 15 is 0 Å². The van der Waals surface area contributed by atoms with Crippen LogP contribution in [-0.4, -0.2) is 35.6 Å². The van der Waals surface area contributed by atoms with Crippen LogP contribution in [0.1, 0.15) is 53.7 Å². The molecule has 32 heavy (non-hydrogen) atoms. The predicted molar refractivity (Wildman–Crippen MR) is 123 cm³/mol. The number of hydrogen-bond donors (Lipinski definition) is 0. The fourth-order valence-corrected chi connectivity index (χ4v) is 4.64. The maximum absolute atomic E-state index is 12.8. The molecule has 2 atom stereocenters. The van der Waals surface area contributed by atoms with Crippen molar-refractivity contribution < 1.29 is 19.3 Å². The van der Waals surface area contributed by atoms with Crippen LogP contribution >= 0.6 is 23.2 Å². The number of nitrogens with zero attached hydrogens (tertiary/aromatic N) is 2. The maximum atomic E-state index is 12.8. The van der Waals surface area contributed by atoms with Gasteiger partial charge >= 0.3 is 0 Å². The minimum atomic E-state index is -0.680. The van der Waals surface area contributed by atoms with Crippen molar-refractivity contribution in [2.45, 2.75) is 39.2 Å². The quantitative estimate of drug-likeness (QED) is 0.530. The molecule has 2 heterocycles. The Balaban J connectivity index is 1.48. The topological polar surface area (TPSA) is 68.2 Å². The van der Waals surface area contributed by atoms with Crippen LogP contribution in [0, 0.1) is 12.8 Å². The van der Waals surface area contributed by atoms with Crippen molar-refractivity contribution in [1.29, 1.82) is 0 Å². The third-order valence-electron chi connectivity index (χ3n) is 5.94. The molecule has 6 nitrogen and oxygen atoms in total. The second-order valence-corrected chi connectivity index (χ2v) is 9.25. The third kappa shape index (κ3) is 4.40. The second-order valence-electron chi connectivity index (χ2n) is 8.38. The Bertz CT molecular complexity index is 1100. The minimum Gasteiger partial charge on any atom is -0.384 e. The van der Waals surface area contributed by atoms with Crippen molar-refractivity contribution in [2.75, 3.05) is 13.2 Å². The molecule has 4 rings (SSSR count). The van der Waals surface area contributed by atoms with Crippen LogP contribution in [-0.2, 0) is 20.1 Å². The number of hydrogen-bond acceptors (Lipinski definition) is 5. The van der Waals surface area contributed by atoms with E-state index in [9.17, 15) is 9.59 Å². The van der Waals surface area contributed by atoms with Crippen molar-refractivity contribution >= 4 is 40.6 Å². The summed E-state index contributed by atoms with van der Waals surface area (Å²) in [6, 6.07) is 10.9. The van der Waals surface area contributed by atoms with Crippen LogP contribution in [0.2, 0.25) is 10.0 Å². The summed E-state index contributed by atoms with van der Waals surface area (Å²) in [4.78, 5) is 36.2. The number of rotatable bonds is 6. The Morgan fingerprint density at radius 2 is 1.94 bits per heavy atom. The second kappa shape index (κ2) is 8.85. The van der Waals surface area contributed by atoms with Gasteiger partial charge in [-0.05, 0) is 56.2 Å². The van der Waals surface area contributed by atoms with E-state index in [-0.39, 0.29) is 24.7 Å². The molecule has 1 saturated heterocycles. The molecule has 0 radical (unpaired) electrons.